The van der Waals surface area contributed by atoms with E-state index in [0.717, 1.165) is 41.8 Å². The predicted molar refractivity (Wildman–Crippen MR) is 114 cm³/mol. The molecule has 3 aromatic rings. The predicted octanol–water partition coefficient (Wildman–Crippen LogP) is 2.09. The molecule has 0 spiro atoms. The molecule has 1 saturated carbocycles. The smallest absolute Gasteiger partial charge is 0.269 e. The summed E-state index contributed by atoms with van der Waals surface area (Å²) >= 11 is 0. The van der Waals surface area contributed by atoms with Gasteiger partial charge in [-0.1, -0.05) is 13.0 Å². The number of amides is 1. The van der Waals surface area contributed by atoms with Gasteiger partial charge in [0.2, 0.25) is 0 Å². The second kappa shape index (κ2) is 7.32. The van der Waals surface area contributed by atoms with Crippen LogP contribution in [-0.2, 0) is 13.0 Å². The van der Waals surface area contributed by atoms with Crippen molar-refractivity contribution in [2.75, 3.05) is 20.1 Å². The lowest BCUT2D eigenvalue weighted by Gasteiger charge is -2.19. The number of carbonyl (C=O) groups excluding carboxylic acids is 1. The van der Waals surface area contributed by atoms with Gasteiger partial charge in [0.1, 0.15) is 5.69 Å². The highest BCUT2D eigenvalue weighted by Gasteiger charge is 2.56. The quantitative estimate of drug-likeness (QED) is 0.681. The van der Waals surface area contributed by atoms with Gasteiger partial charge in [-0.25, -0.2) is 0 Å². The molecule has 2 N–H and O–H groups in total. The fraction of sp³-hybridized carbons (Fsp3) is 0.391. The molecular weight excluding hydrogens is 378 g/mol. The first-order valence-corrected chi connectivity index (χ1v) is 10.5. The summed E-state index contributed by atoms with van der Waals surface area (Å²) < 4.78 is 0. The van der Waals surface area contributed by atoms with E-state index in [1.165, 1.54) is 5.56 Å². The van der Waals surface area contributed by atoms with E-state index in [1.54, 1.807) is 7.05 Å². The number of pyridine rings is 3. The van der Waals surface area contributed by atoms with Crippen molar-refractivity contribution in [1.82, 2.24) is 25.2 Å². The zero-order chi connectivity index (χ0) is 20.8. The number of hydrogen-bond acceptors (Lipinski definition) is 5. The van der Waals surface area contributed by atoms with Crippen LogP contribution in [-0.4, -0.2) is 45.9 Å². The lowest BCUT2D eigenvalue weighted by atomic mass is 10.1. The number of aryl methyl sites for hydroxylation is 1. The standard InChI is InChI=1S/C23H25N5O2/c1-3-14-7-19-20(27-22(14)29)6-13(8-25-19)10-28-11-16-17(12-28)21(16)15-4-5-18(26-9-15)23(30)24-2/h4-9,16-17,21H,3,10-12H2,1-2H3,(H,24,30)(H,27,29). The van der Waals surface area contributed by atoms with Gasteiger partial charge in [0.05, 0.1) is 11.0 Å². The Morgan fingerprint density at radius 1 is 1.20 bits per heavy atom. The molecule has 2 fully saturated rings. The summed E-state index contributed by atoms with van der Waals surface area (Å²) in [6, 6.07) is 7.79. The van der Waals surface area contributed by atoms with Crippen molar-refractivity contribution in [3.63, 3.8) is 0 Å². The molecule has 154 valence electrons. The van der Waals surface area contributed by atoms with E-state index in [-0.39, 0.29) is 11.5 Å². The largest absolute Gasteiger partial charge is 0.354 e. The van der Waals surface area contributed by atoms with Gasteiger partial charge in [-0.05, 0) is 53.5 Å². The van der Waals surface area contributed by atoms with Crippen LogP contribution in [0.1, 0.15) is 40.0 Å². The Labute approximate surface area is 174 Å². The van der Waals surface area contributed by atoms with Gasteiger partial charge in [-0.15, -0.1) is 0 Å². The monoisotopic (exact) mass is 403 g/mol. The van der Waals surface area contributed by atoms with E-state index in [2.05, 4.69) is 25.2 Å². The Kier molecular flexibility index (Phi) is 4.62. The lowest BCUT2D eigenvalue weighted by molar-refractivity contribution is 0.0958. The van der Waals surface area contributed by atoms with E-state index in [9.17, 15) is 9.59 Å². The van der Waals surface area contributed by atoms with Crippen LogP contribution in [0, 0.1) is 11.8 Å². The van der Waals surface area contributed by atoms with E-state index in [1.807, 2.05) is 43.6 Å². The molecule has 5 rings (SSSR count). The number of rotatable bonds is 5. The molecule has 2 aliphatic rings. The molecule has 7 nitrogen and oxygen atoms in total. The molecule has 3 aromatic heterocycles. The van der Waals surface area contributed by atoms with Gasteiger partial charge in [0.25, 0.3) is 11.5 Å². The zero-order valence-electron chi connectivity index (χ0n) is 17.2. The highest BCUT2D eigenvalue weighted by atomic mass is 16.1. The molecule has 30 heavy (non-hydrogen) atoms. The number of piperidine rings is 1. The summed E-state index contributed by atoms with van der Waals surface area (Å²) in [7, 11) is 1.61. The molecule has 0 aromatic carbocycles. The van der Waals surface area contributed by atoms with Gasteiger partial charge in [-0.2, -0.15) is 0 Å². The maximum atomic E-state index is 12.1. The van der Waals surface area contributed by atoms with Crippen LogP contribution < -0.4 is 10.9 Å². The number of likely N-dealkylation sites (tertiary alicyclic amines) is 1. The molecule has 0 radical (unpaired) electrons. The molecular formula is C23H25N5O2. The van der Waals surface area contributed by atoms with Crippen molar-refractivity contribution in [3.8, 4) is 0 Å². The molecule has 1 saturated heterocycles. The van der Waals surface area contributed by atoms with E-state index in [0.29, 0.717) is 29.9 Å². The lowest BCUT2D eigenvalue weighted by Crippen LogP contribution is -2.24. The second-order valence-electron chi connectivity index (χ2n) is 8.36. The van der Waals surface area contributed by atoms with E-state index < -0.39 is 0 Å². The van der Waals surface area contributed by atoms with Gasteiger partial charge in [-0.3, -0.25) is 24.5 Å². The summed E-state index contributed by atoms with van der Waals surface area (Å²) in [5, 5.41) is 2.60. The van der Waals surface area contributed by atoms with Crippen molar-refractivity contribution >= 4 is 16.9 Å². The molecule has 4 heterocycles. The number of nitrogens with zero attached hydrogens (tertiary/aromatic N) is 3. The Balaban J connectivity index is 1.23. The van der Waals surface area contributed by atoms with Gasteiger partial charge >= 0.3 is 0 Å². The third-order valence-corrected chi connectivity index (χ3v) is 6.51. The van der Waals surface area contributed by atoms with Gasteiger partial charge in [0, 0.05) is 44.6 Å². The molecule has 0 bridgehead atoms. The molecule has 1 amide bonds. The van der Waals surface area contributed by atoms with Crippen LogP contribution in [0.3, 0.4) is 0 Å². The number of aromatic nitrogens is 3. The molecule has 1 aliphatic heterocycles. The second-order valence-corrected chi connectivity index (χ2v) is 8.36. The van der Waals surface area contributed by atoms with Crippen molar-refractivity contribution < 1.29 is 4.79 Å². The highest BCUT2D eigenvalue weighted by molar-refractivity contribution is 5.91. The summed E-state index contributed by atoms with van der Waals surface area (Å²) in [6.45, 7) is 4.92. The Bertz CT molecular complexity index is 1160. The maximum Gasteiger partial charge on any atom is 0.269 e. The SMILES string of the molecule is CCc1cc2ncc(CN3CC4C(C3)C4c3ccc(C(=O)NC)nc3)cc2[nH]c1=O. The van der Waals surface area contributed by atoms with Crippen molar-refractivity contribution in [3.05, 3.63) is 69.4 Å². The first-order valence-electron chi connectivity index (χ1n) is 10.5. The number of fused-ring (bicyclic) bond motifs is 2. The van der Waals surface area contributed by atoms with Crippen LogP contribution >= 0.6 is 0 Å². The average molecular weight is 403 g/mol. The van der Waals surface area contributed by atoms with Crippen LogP contribution in [0.2, 0.25) is 0 Å². The summed E-state index contributed by atoms with van der Waals surface area (Å²) in [5.74, 6) is 1.70. The fourth-order valence-electron chi connectivity index (χ4n) is 4.88. The number of aromatic amines is 1. The Morgan fingerprint density at radius 3 is 2.67 bits per heavy atom. The molecule has 1 aliphatic carbocycles. The topological polar surface area (TPSA) is 91.0 Å². The summed E-state index contributed by atoms with van der Waals surface area (Å²) in [4.78, 5) is 38.0. The minimum atomic E-state index is -0.153. The minimum Gasteiger partial charge on any atom is -0.354 e. The third-order valence-electron chi connectivity index (χ3n) is 6.51. The first-order chi connectivity index (χ1) is 14.6. The number of nitrogens with one attached hydrogen (secondary N) is 2. The number of hydrogen-bond donors (Lipinski definition) is 2. The fourth-order valence-corrected chi connectivity index (χ4v) is 4.88. The first kappa shape index (κ1) is 18.9. The summed E-state index contributed by atoms with van der Waals surface area (Å²) in [6.07, 6.45) is 4.48. The Hall–Kier alpha value is -3.06. The van der Waals surface area contributed by atoms with Crippen LogP contribution in [0.25, 0.3) is 11.0 Å². The normalized spacial score (nSPS) is 22.8. The van der Waals surface area contributed by atoms with Crippen LogP contribution in [0.4, 0.5) is 0 Å². The minimum absolute atomic E-state index is 0.0229. The van der Waals surface area contributed by atoms with Gasteiger partial charge in [0.15, 0.2) is 0 Å². The van der Waals surface area contributed by atoms with Crippen molar-refractivity contribution in [2.24, 2.45) is 11.8 Å². The summed E-state index contributed by atoms with van der Waals surface area (Å²) in [5.41, 5.74) is 5.20. The maximum absolute atomic E-state index is 12.1. The van der Waals surface area contributed by atoms with E-state index in [4.69, 9.17) is 0 Å². The molecule has 7 heteroatoms. The zero-order valence-corrected chi connectivity index (χ0v) is 17.2. The highest BCUT2D eigenvalue weighted by Crippen LogP contribution is 2.58. The molecule has 2 atom stereocenters. The average Bonchev–Trinajstić information content (AvgIpc) is 3.27. The number of carbonyl (C=O) groups is 1. The molecule has 2 unspecified atom stereocenters. The van der Waals surface area contributed by atoms with Crippen LogP contribution in [0.5, 0.6) is 0 Å². The van der Waals surface area contributed by atoms with E-state index >= 15 is 0 Å². The van der Waals surface area contributed by atoms with Gasteiger partial charge < -0.3 is 10.3 Å². The Morgan fingerprint density at radius 2 is 2.00 bits per heavy atom. The van der Waals surface area contributed by atoms with Crippen molar-refractivity contribution in [1.29, 1.82) is 0 Å². The third kappa shape index (κ3) is 3.29. The van der Waals surface area contributed by atoms with Crippen molar-refractivity contribution in [2.45, 2.75) is 25.8 Å². The van der Waals surface area contributed by atoms with Crippen LogP contribution in [0.15, 0.2) is 41.5 Å². The number of H-pyrrole nitrogens is 1.